The fourth-order valence-corrected chi connectivity index (χ4v) is 2.62. The molecule has 1 aliphatic rings. The summed E-state index contributed by atoms with van der Waals surface area (Å²) < 4.78 is 5.53. The van der Waals surface area contributed by atoms with Crippen molar-refractivity contribution in [3.63, 3.8) is 0 Å². The molecule has 0 saturated carbocycles. The van der Waals surface area contributed by atoms with Gasteiger partial charge in [0.05, 0.1) is 24.8 Å². The Morgan fingerprint density at radius 1 is 1.45 bits per heavy atom. The minimum atomic E-state index is 0.402. The highest BCUT2D eigenvalue weighted by molar-refractivity contribution is 6.31. The van der Waals surface area contributed by atoms with Gasteiger partial charge in [0, 0.05) is 35.4 Å². The molecule has 0 radical (unpaired) electrons. The molecule has 4 nitrogen and oxygen atoms in total. The largest absolute Gasteiger partial charge is 0.383 e. The normalized spacial score (nSPS) is 20.2. The van der Waals surface area contributed by atoms with E-state index in [4.69, 9.17) is 16.3 Å². The highest BCUT2D eigenvalue weighted by Crippen LogP contribution is 2.24. The lowest BCUT2D eigenvalue weighted by Gasteiger charge is -2.32. The van der Waals surface area contributed by atoms with Gasteiger partial charge in [-0.2, -0.15) is 0 Å². The van der Waals surface area contributed by atoms with Crippen molar-refractivity contribution in [1.29, 1.82) is 0 Å². The molecule has 1 atom stereocenters. The molecule has 1 aromatic heterocycles. The standard InChI is InChI=1S/C15H18ClN3O/c1-19-6-7-20-10-12(19)9-18-14-4-5-17-15-8-11(16)2-3-13(14)15/h2-5,8,12H,6-7,9-10H2,1H3,(H,17,18). The van der Waals surface area contributed by atoms with Crippen molar-refractivity contribution < 1.29 is 4.74 Å². The Morgan fingerprint density at radius 3 is 3.20 bits per heavy atom. The van der Waals surface area contributed by atoms with Crippen LogP contribution in [-0.2, 0) is 4.74 Å². The predicted molar refractivity (Wildman–Crippen MR) is 82.5 cm³/mol. The van der Waals surface area contributed by atoms with Gasteiger partial charge in [0.25, 0.3) is 0 Å². The lowest BCUT2D eigenvalue weighted by molar-refractivity contribution is 0.0110. The number of likely N-dealkylation sites (N-methyl/N-ethyl adjacent to an activating group) is 1. The molecule has 0 aliphatic carbocycles. The van der Waals surface area contributed by atoms with Gasteiger partial charge in [0.1, 0.15) is 0 Å². The molecule has 1 saturated heterocycles. The lowest BCUT2D eigenvalue weighted by atomic mass is 10.1. The first-order valence-corrected chi connectivity index (χ1v) is 7.18. The second-order valence-corrected chi connectivity index (χ2v) is 5.55. The van der Waals surface area contributed by atoms with Crippen molar-refractivity contribution in [3.05, 3.63) is 35.5 Å². The van der Waals surface area contributed by atoms with Gasteiger partial charge in [-0.15, -0.1) is 0 Å². The molecule has 1 fully saturated rings. The number of morpholine rings is 1. The summed E-state index contributed by atoms with van der Waals surface area (Å²) in [6.45, 7) is 3.44. The van der Waals surface area contributed by atoms with Crippen molar-refractivity contribution in [2.45, 2.75) is 6.04 Å². The number of pyridine rings is 1. The minimum Gasteiger partial charge on any atom is -0.383 e. The van der Waals surface area contributed by atoms with Gasteiger partial charge in [0.15, 0.2) is 0 Å². The van der Waals surface area contributed by atoms with Crippen LogP contribution in [-0.4, -0.2) is 49.3 Å². The van der Waals surface area contributed by atoms with Gasteiger partial charge < -0.3 is 10.1 Å². The van der Waals surface area contributed by atoms with E-state index in [2.05, 4.69) is 22.2 Å². The number of hydrogen-bond donors (Lipinski definition) is 1. The van der Waals surface area contributed by atoms with Crippen LogP contribution in [0.5, 0.6) is 0 Å². The molecule has 0 amide bonds. The fraction of sp³-hybridized carbons (Fsp3) is 0.400. The van der Waals surface area contributed by atoms with E-state index in [0.717, 1.165) is 42.9 Å². The van der Waals surface area contributed by atoms with Crippen LogP contribution < -0.4 is 5.32 Å². The number of nitrogens with zero attached hydrogens (tertiary/aromatic N) is 2. The van der Waals surface area contributed by atoms with E-state index in [1.54, 1.807) is 0 Å². The number of anilines is 1. The van der Waals surface area contributed by atoms with Crippen LogP contribution in [0.3, 0.4) is 0 Å². The summed E-state index contributed by atoms with van der Waals surface area (Å²) in [5, 5.41) is 5.31. The highest BCUT2D eigenvalue weighted by Gasteiger charge is 2.19. The minimum absolute atomic E-state index is 0.402. The first-order chi connectivity index (χ1) is 9.74. The van der Waals surface area contributed by atoms with Crippen LogP contribution in [0, 0.1) is 0 Å². The Labute approximate surface area is 123 Å². The van der Waals surface area contributed by atoms with Gasteiger partial charge in [-0.05, 0) is 31.3 Å². The van der Waals surface area contributed by atoms with Crippen molar-refractivity contribution in [1.82, 2.24) is 9.88 Å². The van der Waals surface area contributed by atoms with E-state index in [1.807, 2.05) is 30.5 Å². The number of fused-ring (bicyclic) bond motifs is 1. The first kappa shape index (κ1) is 13.6. The highest BCUT2D eigenvalue weighted by atomic mass is 35.5. The average molecular weight is 292 g/mol. The van der Waals surface area contributed by atoms with Gasteiger partial charge in [-0.3, -0.25) is 9.88 Å². The van der Waals surface area contributed by atoms with Crippen LogP contribution in [0.2, 0.25) is 5.02 Å². The van der Waals surface area contributed by atoms with E-state index in [0.29, 0.717) is 11.1 Å². The Balaban J connectivity index is 1.77. The molecule has 1 unspecified atom stereocenters. The maximum Gasteiger partial charge on any atom is 0.0737 e. The molecule has 2 heterocycles. The summed E-state index contributed by atoms with van der Waals surface area (Å²) in [5.74, 6) is 0. The molecule has 0 bridgehead atoms. The summed E-state index contributed by atoms with van der Waals surface area (Å²) in [4.78, 5) is 6.68. The molecular formula is C15H18ClN3O. The quantitative estimate of drug-likeness (QED) is 0.943. The Kier molecular flexibility index (Phi) is 4.05. The topological polar surface area (TPSA) is 37.4 Å². The molecule has 20 heavy (non-hydrogen) atoms. The van der Waals surface area contributed by atoms with Gasteiger partial charge in [-0.1, -0.05) is 11.6 Å². The second-order valence-electron chi connectivity index (χ2n) is 5.11. The van der Waals surface area contributed by atoms with Crippen LogP contribution in [0.25, 0.3) is 10.9 Å². The van der Waals surface area contributed by atoms with E-state index < -0.39 is 0 Å². The third-order valence-electron chi connectivity index (χ3n) is 3.75. The Morgan fingerprint density at radius 2 is 2.35 bits per heavy atom. The van der Waals surface area contributed by atoms with Crippen molar-refractivity contribution in [2.75, 3.05) is 38.7 Å². The van der Waals surface area contributed by atoms with Crippen LogP contribution in [0.4, 0.5) is 5.69 Å². The number of nitrogens with one attached hydrogen (secondary N) is 1. The van der Waals surface area contributed by atoms with E-state index >= 15 is 0 Å². The van der Waals surface area contributed by atoms with E-state index in [9.17, 15) is 0 Å². The average Bonchev–Trinajstić information content (AvgIpc) is 2.46. The summed E-state index contributed by atoms with van der Waals surface area (Å²) in [7, 11) is 2.14. The number of rotatable bonds is 3. The van der Waals surface area contributed by atoms with Crippen molar-refractivity contribution in [2.24, 2.45) is 0 Å². The zero-order valence-corrected chi connectivity index (χ0v) is 12.2. The predicted octanol–water partition coefficient (Wildman–Crippen LogP) is 2.63. The summed E-state index contributed by atoms with van der Waals surface area (Å²) in [5.41, 5.74) is 2.00. The maximum atomic E-state index is 6.01. The van der Waals surface area contributed by atoms with E-state index in [1.165, 1.54) is 0 Å². The Bertz CT molecular complexity index is 605. The summed E-state index contributed by atoms with van der Waals surface area (Å²) in [6, 6.07) is 8.19. The maximum absolute atomic E-state index is 6.01. The van der Waals surface area contributed by atoms with Gasteiger partial charge in [0.2, 0.25) is 0 Å². The van der Waals surface area contributed by atoms with Crippen molar-refractivity contribution in [3.8, 4) is 0 Å². The third-order valence-corrected chi connectivity index (χ3v) is 3.99. The Hall–Kier alpha value is -1.36. The SMILES string of the molecule is CN1CCOCC1CNc1ccnc2cc(Cl)ccc12. The molecular weight excluding hydrogens is 274 g/mol. The first-order valence-electron chi connectivity index (χ1n) is 6.80. The molecule has 3 rings (SSSR count). The monoisotopic (exact) mass is 291 g/mol. The molecule has 1 aromatic carbocycles. The third kappa shape index (κ3) is 2.87. The lowest BCUT2D eigenvalue weighted by Crippen LogP contribution is -2.46. The zero-order valence-electron chi connectivity index (χ0n) is 11.5. The fourth-order valence-electron chi connectivity index (χ4n) is 2.46. The molecule has 1 N–H and O–H groups in total. The second kappa shape index (κ2) is 5.95. The molecule has 106 valence electrons. The van der Waals surface area contributed by atoms with Crippen LogP contribution >= 0.6 is 11.6 Å². The number of hydrogen-bond acceptors (Lipinski definition) is 4. The molecule has 2 aromatic rings. The number of aromatic nitrogens is 1. The summed E-state index contributed by atoms with van der Waals surface area (Å²) >= 11 is 6.01. The van der Waals surface area contributed by atoms with Crippen molar-refractivity contribution >= 4 is 28.2 Å². The zero-order chi connectivity index (χ0) is 13.9. The smallest absolute Gasteiger partial charge is 0.0737 e. The van der Waals surface area contributed by atoms with Gasteiger partial charge in [-0.25, -0.2) is 0 Å². The van der Waals surface area contributed by atoms with Crippen LogP contribution in [0.15, 0.2) is 30.5 Å². The number of ether oxygens (including phenoxy) is 1. The molecule has 1 aliphatic heterocycles. The number of benzene rings is 1. The molecule has 5 heteroatoms. The summed E-state index contributed by atoms with van der Waals surface area (Å²) in [6.07, 6.45) is 1.81. The molecule has 0 spiro atoms. The van der Waals surface area contributed by atoms with E-state index in [-0.39, 0.29) is 0 Å². The van der Waals surface area contributed by atoms with Gasteiger partial charge >= 0.3 is 0 Å². The number of halogens is 1. The van der Waals surface area contributed by atoms with Crippen LogP contribution in [0.1, 0.15) is 0 Å².